The standard InChI is InChI=1S/C63H41NO/c1-3-18-46(19-4-1)63(47-20-5-2-6-21-47)58-27-13-11-24-52(58)53-39-38-49(40-59(53)63)64(60-28-15-17-44-16-7-8-22-50(44)60)48-36-34-43(35-37-48)42-30-32-45(33-31-42)56-41-57-54-25-12-14-29-61(54)65-62(57)55-26-10-9-23-51(55)56/h1-41H. The second-order valence-corrected chi connectivity index (χ2v) is 17.2. The molecule has 0 saturated carbocycles. The zero-order chi connectivity index (χ0) is 42.9. The van der Waals surface area contributed by atoms with Crippen molar-refractivity contribution in [2.75, 3.05) is 4.90 Å². The van der Waals surface area contributed by atoms with Crippen LogP contribution in [0.4, 0.5) is 17.1 Å². The van der Waals surface area contributed by atoms with Crippen molar-refractivity contribution in [3.05, 3.63) is 271 Å². The molecule has 0 spiro atoms. The van der Waals surface area contributed by atoms with Gasteiger partial charge in [0, 0.05) is 32.9 Å². The van der Waals surface area contributed by atoms with Gasteiger partial charge < -0.3 is 9.32 Å². The van der Waals surface area contributed by atoms with Crippen molar-refractivity contribution in [2.24, 2.45) is 0 Å². The quantitative estimate of drug-likeness (QED) is 0.159. The summed E-state index contributed by atoms with van der Waals surface area (Å²) in [6, 6.07) is 90.9. The number of fused-ring (bicyclic) bond motifs is 9. The molecule has 12 aromatic rings. The fourth-order valence-corrected chi connectivity index (χ4v) is 10.8. The van der Waals surface area contributed by atoms with E-state index in [1.165, 1.54) is 66.2 Å². The summed E-state index contributed by atoms with van der Waals surface area (Å²) in [6.45, 7) is 0. The summed E-state index contributed by atoms with van der Waals surface area (Å²) in [4.78, 5) is 2.44. The Morgan fingerprint density at radius 2 is 0.877 bits per heavy atom. The van der Waals surface area contributed by atoms with E-state index in [0.29, 0.717) is 0 Å². The summed E-state index contributed by atoms with van der Waals surface area (Å²) in [5.74, 6) is 0. The first-order valence-corrected chi connectivity index (χ1v) is 22.4. The molecule has 13 rings (SSSR count). The van der Waals surface area contributed by atoms with Crippen LogP contribution in [-0.4, -0.2) is 0 Å². The van der Waals surface area contributed by atoms with E-state index in [2.05, 4.69) is 248 Å². The summed E-state index contributed by atoms with van der Waals surface area (Å²) in [5.41, 5.74) is 17.0. The molecule has 1 aliphatic rings. The monoisotopic (exact) mass is 827 g/mol. The van der Waals surface area contributed by atoms with Gasteiger partial charge >= 0.3 is 0 Å². The van der Waals surface area contributed by atoms with Gasteiger partial charge in [0.1, 0.15) is 11.2 Å². The first-order valence-electron chi connectivity index (χ1n) is 22.4. The van der Waals surface area contributed by atoms with Crippen molar-refractivity contribution in [1.29, 1.82) is 0 Å². The first-order chi connectivity index (χ1) is 32.2. The number of para-hydroxylation sites is 1. The molecule has 0 N–H and O–H groups in total. The van der Waals surface area contributed by atoms with Crippen LogP contribution in [0.2, 0.25) is 0 Å². The van der Waals surface area contributed by atoms with Crippen molar-refractivity contribution in [2.45, 2.75) is 5.41 Å². The molecule has 1 heterocycles. The lowest BCUT2D eigenvalue weighted by atomic mass is 9.67. The van der Waals surface area contributed by atoms with Crippen molar-refractivity contribution in [1.82, 2.24) is 0 Å². The molecule has 0 fully saturated rings. The van der Waals surface area contributed by atoms with Crippen LogP contribution in [0, 0.1) is 0 Å². The van der Waals surface area contributed by atoms with Gasteiger partial charge in [-0.2, -0.15) is 0 Å². The van der Waals surface area contributed by atoms with Gasteiger partial charge in [0.25, 0.3) is 0 Å². The average Bonchev–Trinajstić information content (AvgIpc) is 3.91. The highest BCUT2D eigenvalue weighted by atomic mass is 16.3. The second kappa shape index (κ2) is 14.8. The van der Waals surface area contributed by atoms with Crippen LogP contribution in [0.1, 0.15) is 22.3 Å². The Kier molecular flexibility index (Phi) is 8.47. The van der Waals surface area contributed by atoms with Crippen molar-refractivity contribution < 1.29 is 4.42 Å². The molecule has 0 amide bonds. The summed E-state index contributed by atoms with van der Waals surface area (Å²) in [5, 5.41) is 7.00. The van der Waals surface area contributed by atoms with Gasteiger partial charge in [-0.15, -0.1) is 0 Å². The Labute approximate surface area is 377 Å². The lowest BCUT2D eigenvalue weighted by molar-refractivity contribution is 0.672. The number of furan rings is 1. The highest BCUT2D eigenvalue weighted by Gasteiger charge is 2.46. The fourth-order valence-electron chi connectivity index (χ4n) is 10.8. The van der Waals surface area contributed by atoms with Gasteiger partial charge in [0.05, 0.1) is 11.1 Å². The number of benzene rings is 11. The average molecular weight is 828 g/mol. The third-order valence-corrected chi connectivity index (χ3v) is 13.7. The van der Waals surface area contributed by atoms with Crippen LogP contribution in [0.25, 0.3) is 76.9 Å². The lowest BCUT2D eigenvalue weighted by Crippen LogP contribution is -2.28. The third kappa shape index (κ3) is 5.74. The maximum atomic E-state index is 6.41. The summed E-state index contributed by atoms with van der Waals surface area (Å²) in [7, 11) is 0. The predicted octanol–water partition coefficient (Wildman–Crippen LogP) is 17.1. The van der Waals surface area contributed by atoms with Crippen LogP contribution < -0.4 is 4.90 Å². The summed E-state index contributed by atoms with van der Waals surface area (Å²) in [6.07, 6.45) is 0. The number of anilines is 3. The number of nitrogens with zero attached hydrogens (tertiary/aromatic N) is 1. The minimum atomic E-state index is -0.505. The minimum absolute atomic E-state index is 0.505. The van der Waals surface area contributed by atoms with Crippen molar-refractivity contribution >= 4 is 60.5 Å². The van der Waals surface area contributed by atoms with Crippen LogP contribution in [-0.2, 0) is 5.41 Å². The van der Waals surface area contributed by atoms with Gasteiger partial charge in [-0.25, -0.2) is 0 Å². The molecular formula is C63H41NO. The number of hydrogen-bond donors (Lipinski definition) is 0. The smallest absolute Gasteiger partial charge is 0.143 e. The summed E-state index contributed by atoms with van der Waals surface area (Å²) < 4.78 is 6.41. The number of hydrogen-bond acceptors (Lipinski definition) is 2. The van der Waals surface area contributed by atoms with E-state index in [4.69, 9.17) is 4.42 Å². The van der Waals surface area contributed by atoms with Crippen LogP contribution in [0.5, 0.6) is 0 Å². The SMILES string of the molecule is c1ccc(C2(c3ccccc3)c3ccccc3-c3ccc(N(c4ccc(-c5ccc(-c6cc7c8ccccc8oc7c7ccccc67)cc5)cc4)c4cccc5ccccc45)cc32)cc1. The Bertz CT molecular complexity index is 3710. The van der Waals surface area contributed by atoms with E-state index in [0.717, 1.165) is 50.0 Å². The van der Waals surface area contributed by atoms with Gasteiger partial charge in [-0.3, -0.25) is 0 Å². The molecule has 2 heteroatoms. The molecule has 0 radical (unpaired) electrons. The van der Waals surface area contributed by atoms with Gasteiger partial charge in [0.15, 0.2) is 0 Å². The van der Waals surface area contributed by atoms with E-state index in [9.17, 15) is 0 Å². The number of rotatable bonds is 7. The molecular weight excluding hydrogens is 787 g/mol. The van der Waals surface area contributed by atoms with E-state index in [-0.39, 0.29) is 0 Å². The highest BCUT2D eigenvalue weighted by Crippen LogP contribution is 2.57. The molecule has 65 heavy (non-hydrogen) atoms. The Hall–Kier alpha value is -8.46. The summed E-state index contributed by atoms with van der Waals surface area (Å²) >= 11 is 0. The van der Waals surface area contributed by atoms with Gasteiger partial charge in [0.2, 0.25) is 0 Å². The van der Waals surface area contributed by atoms with Crippen molar-refractivity contribution in [3.63, 3.8) is 0 Å². The molecule has 0 atom stereocenters. The van der Waals surface area contributed by atoms with Crippen LogP contribution in [0.3, 0.4) is 0 Å². The molecule has 1 aliphatic carbocycles. The zero-order valence-corrected chi connectivity index (χ0v) is 35.5. The van der Waals surface area contributed by atoms with E-state index in [1.807, 2.05) is 6.07 Å². The van der Waals surface area contributed by atoms with E-state index >= 15 is 0 Å². The van der Waals surface area contributed by atoms with E-state index in [1.54, 1.807) is 0 Å². The fraction of sp³-hybridized carbons (Fsp3) is 0.0159. The third-order valence-electron chi connectivity index (χ3n) is 13.7. The van der Waals surface area contributed by atoms with Crippen LogP contribution in [0.15, 0.2) is 253 Å². The predicted molar refractivity (Wildman–Crippen MR) is 272 cm³/mol. The topological polar surface area (TPSA) is 16.4 Å². The maximum absolute atomic E-state index is 6.41. The molecule has 0 saturated heterocycles. The van der Waals surface area contributed by atoms with Crippen LogP contribution >= 0.6 is 0 Å². The Morgan fingerprint density at radius 3 is 1.63 bits per heavy atom. The second-order valence-electron chi connectivity index (χ2n) is 17.2. The lowest BCUT2D eigenvalue weighted by Gasteiger charge is -2.35. The van der Waals surface area contributed by atoms with Gasteiger partial charge in [-0.05, 0) is 109 Å². The zero-order valence-electron chi connectivity index (χ0n) is 35.5. The first kappa shape index (κ1) is 37.1. The molecule has 11 aromatic carbocycles. The molecule has 1 aromatic heterocycles. The van der Waals surface area contributed by atoms with Gasteiger partial charge in [-0.1, -0.05) is 206 Å². The molecule has 0 bridgehead atoms. The van der Waals surface area contributed by atoms with E-state index < -0.39 is 5.41 Å². The Morgan fingerprint density at radius 1 is 0.323 bits per heavy atom. The normalized spacial score (nSPS) is 12.7. The highest BCUT2D eigenvalue weighted by molar-refractivity contribution is 6.19. The van der Waals surface area contributed by atoms with Crippen molar-refractivity contribution in [3.8, 4) is 33.4 Å². The maximum Gasteiger partial charge on any atom is 0.143 e. The largest absolute Gasteiger partial charge is 0.455 e. The molecule has 2 nitrogen and oxygen atoms in total. The molecule has 0 unspecified atom stereocenters. The molecule has 0 aliphatic heterocycles. The Balaban J connectivity index is 0.940. The minimum Gasteiger partial charge on any atom is -0.455 e. The molecule has 304 valence electrons.